The molecule has 96 valence electrons. The summed E-state index contributed by atoms with van der Waals surface area (Å²) >= 11 is 0. The molecule has 1 rings (SSSR count). The topological polar surface area (TPSA) is 95.3 Å². The molecule has 1 N–H and O–H groups in total. The first-order valence-corrected chi connectivity index (χ1v) is 5.10. The number of aliphatic hydroxyl groups excluding tert-OH is 1. The lowest BCUT2D eigenvalue weighted by molar-refractivity contribution is 0.0600. The van der Waals surface area contributed by atoms with Gasteiger partial charge in [0.05, 0.1) is 24.8 Å². The Bertz CT molecular complexity index is 457. The van der Waals surface area contributed by atoms with Gasteiger partial charge in [0.1, 0.15) is 6.67 Å². The molecule has 0 aliphatic carbocycles. The van der Waals surface area contributed by atoms with Gasteiger partial charge < -0.3 is 9.84 Å². The molecule has 0 aliphatic heterocycles. The number of nitrogens with zero attached hydrogens (tertiary/aromatic N) is 3. The van der Waals surface area contributed by atoms with Crippen molar-refractivity contribution in [3.8, 4) is 0 Å². The molecule has 0 fully saturated rings. The summed E-state index contributed by atoms with van der Waals surface area (Å²) in [5.74, 6) is -0.506. The number of halogens is 1. The van der Waals surface area contributed by atoms with Crippen molar-refractivity contribution in [1.82, 2.24) is 0 Å². The van der Waals surface area contributed by atoms with E-state index in [-0.39, 0.29) is 0 Å². The van der Waals surface area contributed by atoms with Gasteiger partial charge in [0.15, 0.2) is 0 Å². The summed E-state index contributed by atoms with van der Waals surface area (Å²) in [6, 6.07) is 4.60. The Hall–Kier alpha value is -2.11. The van der Waals surface area contributed by atoms with Crippen molar-refractivity contribution in [2.45, 2.75) is 12.1 Å². The van der Waals surface area contributed by atoms with Gasteiger partial charge in [-0.1, -0.05) is 17.2 Å². The van der Waals surface area contributed by atoms with Gasteiger partial charge in [-0.3, -0.25) is 4.39 Å². The number of rotatable bonds is 5. The van der Waals surface area contributed by atoms with E-state index in [0.29, 0.717) is 11.1 Å². The number of carbonyl (C=O) groups is 1. The van der Waals surface area contributed by atoms with Gasteiger partial charge in [0.2, 0.25) is 0 Å². The Morgan fingerprint density at radius 2 is 2.17 bits per heavy atom. The lowest BCUT2D eigenvalue weighted by Crippen LogP contribution is -2.18. The number of alkyl halides is 1. The van der Waals surface area contributed by atoms with Crippen LogP contribution in [0, 0.1) is 0 Å². The first-order valence-electron chi connectivity index (χ1n) is 5.10. The summed E-state index contributed by atoms with van der Waals surface area (Å²) in [6.07, 6.45) is -1.25. The molecule has 0 spiro atoms. The van der Waals surface area contributed by atoms with Crippen LogP contribution in [0.5, 0.6) is 0 Å². The predicted octanol–water partition coefficient (Wildman–Crippen LogP) is 2.16. The van der Waals surface area contributed by atoms with Gasteiger partial charge in [-0.25, -0.2) is 4.79 Å². The number of azide groups is 1. The van der Waals surface area contributed by atoms with Crippen LogP contribution in [0.1, 0.15) is 22.0 Å². The number of benzene rings is 1. The van der Waals surface area contributed by atoms with Crippen LogP contribution in [0.3, 0.4) is 0 Å². The SMILES string of the molecule is COC(=O)c1ccc([C@@H](O)[C@@H](CF)N=[N+]=[N-])cc1. The zero-order valence-corrected chi connectivity index (χ0v) is 9.65. The molecular weight excluding hydrogens is 241 g/mol. The Kier molecular flexibility index (Phi) is 5.10. The second kappa shape index (κ2) is 6.58. The number of ether oxygens (including phenoxy) is 1. The molecule has 0 bridgehead atoms. The number of methoxy groups -OCH3 is 1. The normalized spacial score (nSPS) is 13.3. The van der Waals surface area contributed by atoms with Crippen LogP contribution >= 0.6 is 0 Å². The maximum Gasteiger partial charge on any atom is 0.337 e. The fourth-order valence-corrected chi connectivity index (χ4v) is 1.40. The van der Waals surface area contributed by atoms with Gasteiger partial charge in [0, 0.05) is 4.91 Å². The summed E-state index contributed by atoms with van der Waals surface area (Å²) in [5, 5.41) is 12.9. The highest BCUT2D eigenvalue weighted by Crippen LogP contribution is 2.20. The third-order valence-corrected chi connectivity index (χ3v) is 2.40. The summed E-state index contributed by atoms with van der Waals surface area (Å²) in [6.45, 7) is -0.968. The van der Waals surface area contributed by atoms with E-state index in [2.05, 4.69) is 14.8 Å². The average molecular weight is 253 g/mol. The predicted molar refractivity (Wildman–Crippen MR) is 61.7 cm³/mol. The summed E-state index contributed by atoms with van der Waals surface area (Å²) in [5.41, 5.74) is 8.90. The van der Waals surface area contributed by atoms with Crippen LogP contribution in [-0.4, -0.2) is 30.9 Å². The highest BCUT2D eigenvalue weighted by molar-refractivity contribution is 5.89. The first kappa shape index (κ1) is 14.0. The third-order valence-electron chi connectivity index (χ3n) is 2.40. The Morgan fingerprint density at radius 1 is 1.56 bits per heavy atom. The molecule has 0 radical (unpaired) electrons. The number of carbonyl (C=O) groups excluding carboxylic acids is 1. The smallest absolute Gasteiger partial charge is 0.337 e. The molecule has 0 aromatic heterocycles. The maximum atomic E-state index is 12.5. The molecular formula is C11H12FN3O3. The van der Waals surface area contributed by atoms with E-state index >= 15 is 0 Å². The first-order chi connectivity index (χ1) is 8.63. The lowest BCUT2D eigenvalue weighted by atomic mass is 10.0. The van der Waals surface area contributed by atoms with Crippen molar-refractivity contribution < 1.29 is 19.0 Å². The highest BCUT2D eigenvalue weighted by atomic mass is 19.1. The van der Waals surface area contributed by atoms with Crippen molar-refractivity contribution in [1.29, 1.82) is 0 Å². The number of aliphatic hydroxyl groups is 1. The largest absolute Gasteiger partial charge is 0.465 e. The van der Waals surface area contributed by atoms with Crippen LogP contribution in [0.4, 0.5) is 4.39 Å². The van der Waals surface area contributed by atoms with E-state index in [1.54, 1.807) is 0 Å². The maximum absolute atomic E-state index is 12.5. The molecule has 0 unspecified atom stereocenters. The van der Waals surface area contributed by atoms with E-state index < -0.39 is 24.8 Å². The quantitative estimate of drug-likeness (QED) is 0.377. The third kappa shape index (κ3) is 3.19. The minimum absolute atomic E-state index is 0.314. The Balaban J connectivity index is 2.90. The second-order valence-corrected chi connectivity index (χ2v) is 3.48. The fourth-order valence-electron chi connectivity index (χ4n) is 1.40. The minimum Gasteiger partial charge on any atom is -0.465 e. The number of esters is 1. The van der Waals surface area contributed by atoms with Crippen molar-refractivity contribution in [2.24, 2.45) is 5.11 Å². The molecule has 2 atom stereocenters. The van der Waals surface area contributed by atoms with Crippen molar-refractivity contribution in [2.75, 3.05) is 13.8 Å². The summed E-state index contributed by atoms with van der Waals surface area (Å²) < 4.78 is 17.1. The number of hydrogen-bond donors (Lipinski definition) is 1. The van der Waals surface area contributed by atoms with Crippen molar-refractivity contribution in [3.63, 3.8) is 0 Å². The zero-order valence-electron chi connectivity index (χ0n) is 9.65. The van der Waals surface area contributed by atoms with E-state index in [4.69, 9.17) is 5.53 Å². The van der Waals surface area contributed by atoms with E-state index in [9.17, 15) is 14.3 Å². The summed E-state index contributed by atoms with van der Waals surface area (Å²) in [7, 11) is 1.26. The van der Waals surface area contributed by atoms with Crippen LogP contribution in [-0.2, 0) is 4.74 Å². The molecule has 1 aromatic rings. The molecule has 0 saturated heterocycles. The van der Waals surface area contributed by atoms with E-state index in [1.807, 2.05) is 0 Å². The monoisotopic (exact) mass is 253 g/mol. The van der Waals surface area contributed by atoms with Crippen LogP contribution in [0.25, 0.3) is 10.4 Å². The molecule has 0 heterocycles. The van der Waals surface area contributed by atoms with Gasteiger partial charge in [-0.2, -0.15) is 0 Å². The lowest BCUT2D eigenvalue weighted by Gasteiger charge is -2.15. The van der Waals surface area contributed by atoms with Crippen LogP contribution in [0.15, 0.2) is 29.4 Å². The second-order valence-electron chi connectivity index (χ2n) is 3.48. The molecule has 0 saturated carbocycles. The average Bonchev–Trinajstić information content (AvgIpc) is 2.43. The molecule has 18 heavy (non-hydrogen) atoms. The fraction of sp³-hybridized carbons (Fsp3) is 0.364. The standard InChI is InChI=1S/C11H12FN3O3/c1-18-11(17)8-4-2-7(3-5-8)10(16)9(6-12)14-15-13/h2-5,9-10,16H,6H2,1H3/t9-,10-/m1/s1. The molecule has 7 heteroatoms. The molecule has 0 amide bonds. The van der Waals surface area contributed by atoms with E-state index in [1.165, 1.54) is 31.4 Å². The van der Waals surface area contributed by atoms with Gasteiger partial charge in [-0.15, -0.1) is 0 Å². The van der Waals surface area contributed by atoms with Crippen molar-refractivity contribution >= 4 is 5.97 Å². The van der Waals surface area contributed by atoms with Crippen LogP contribution < -0.4 is 0 Å². The number of hydrogen-bond acceptors (Lipinski definition) is 4. The highest BCUT2D eigenvalue weighted by Gasteiger charge is 2.20. The minimum atomic E-state index is -1.25. The van der Waals surface area contributed by atoms with E-state index in [0.717, 1.165) is 0 Å². The van der Waals surface area contributed by atoms with Gasteiger partial charge >= 0.3 is 5.97 Å². The molecule has 1 aromatic carbocycles. The van der Waals surface area contributed by atoms with Crippen LogP contribution in [0.2, 0.25) is 0 Å². The zero-order chi connectivity index (χ0) is 13.5. The van der Waals surface area contributed by atoms with Gasteiger partial charge in [-0.05, 0) is 23.2 Å². The Labute approximate surface area is 103 Å². The van der Waals surface area contributed by atoms with Crippen molar-refractivity contribution in [3.05, 3.63) is 45.8 Å². The van der Waals surface area contributed by atoms with Gasteiger partial charge in [0.25, 0.3) is 0 Å². The Morgan fingerprint density at radius 3 is 2.61 bits per heavy atom. The molecule has 0 aliphatic rings. The summed E-state index contributed by atoms with van der Waals surface area (Å²) in [4.78, 5) is 13.6. The molecule has 6 nitrogen and oxygen atoms in total.